The van der Waals surface area contributed by atoms with E-state index in [9.17, 15) is 18.0 Å². The molecule has 1 heterocycles. The van der Waals surface area contributed by atoms with Crippen LogP contribution in [0.15, 0.2) is 60.4 Å². The van der Waals surface area contributed by atoms with Crippen molar-refractivity contribution in [1.82, 2.24) is 14.8 Å². The number of aromatic nitrogens is 3. The first kappa shape index (κ1) is 19.2. The molecule has 0 spiro atoms. The molecule has 0 bridgehead atoms. The molecule has 6 nitrogen and oxygen atoms in total. The van der Waals surface area contributed by atoms with Gasteiger partial charge in [-0.1, -0.05) is 24.3 Å². The molecule has 0 saturated heterocycles. The summed E-state index contributed by atoms with van der Waals surface area (Å²) in [6, 6.07) is 12.2. The average molecular weight is 389 g/mol. The van der Waals surface area contributed by atoms with Crippen LogP contribution in [-0.4, -0.2) is 32.2 Å². The molecule has 0 fully saturated rings. The topological polar surface area (TPSA) is 77.2 Å². The molecule has 0 radical (unpaired) electrons. The van der Waals surface area contributed by atoms with Crippen LogP contribution in [0.4, 0.5) is 13.2 Å². The lowest BCUT2D eigenvalue weighted by molar-refractivity contribution is -0.274. The largest absolute Gasteiger partial charge is 0.573 e. The Hall–Kier alpha value is -3.62. The summed E-state index contributed by atoms with van der Waals surface area (Å²) >= 11 is 0. The molecule has 9 heteroatoms. The third-order valence-corrected chi connectivity index (χ3v) is 3.72. The molecule has 0 amide bonds. The highest BCUT2D eigenvalue weighted by Gasteiger charge is 2.30. The molecule has 1 N–H and O–H groups in total. The van der Waals surface area contributed by atoms with Gasteiger partial charge >= 0.3 is 12.3 Å². The maximum atomic E-state index is 12.2. The van der Waals surface area contributed by atoms with Gasteiger partial charge in [-0.3, -0.25) is 0 Å². The van der Waals surface area contributed by atoms with E-state index in [0.29, 0.717) is 17.1 Å². The van der Waals surface area contributed by atoms with Gasteiger partial charge in [-0.25, -0.2) is 14.5 Å². The summed E-state index contributed by atoms with van der Waals surface area (Å²) in [5.41, 5.74) is 2.17. The highest BCUT2D eigenvalue weighted by Crippen LogP contribution is 2.24. The fourth-order valence-corrected chi connectivity index (χ4v) is 2.36. The Morgan fingerprint density at radius 1 is 1.11 bits per heavy atom. The summed E-state index contributed by atoms with van der Waals surface area (Å²) in [6.07, 6.45) is -1.76. The van der Waals surface area contributed by atoms with Crippen molar-refractivity contribution in [3.8, 4) is 22.8 Å². The number of hydrogen-bond acceptors (Lipinski definition) is 4. The van der Waals surface area contributed by atoms with Gasteiger partial charge < -0.3 is 9.84 Å². The van der Waals surface area contributed by atoms with Gasteiger partial charge in [0.25, 0.3) is 0 Å². The zero-order valence-electron chi connectivity index (χ0n) is 14.5. The minimum atomic E-state index is -4.74. The van der Waals surface area contributed by atoms with Gasteiger partial charge in [0.2, 0.25) is 0 Å². The molecule has 0 aliphatic carbocycles. The summed E-state index contributed by atoms with van der Waals surface area (Å²) in [5.74, 6) is -0.894. The predicted octanol–water partition coefficient (Wildman–Crippen LogP) is 4.32. The Kier molecular flexibility index (Phi) is 5.16. The lowest BCUT2D eigenvalue weighted by atomic mass is 10.1. The minimum Gasteiger partial charge on any atom is -0.478 e. The maximum Gasteiger partial charge on any atom is 0.573 e. The molecular weight excluding hydrogens is 375 g/mol. The SMILES string of the molecule is CC(=Cc1ccc(-c2ncn(-c3ccc(OC(F)(F)F)cc3)n2)cc1)C(=O)O. The quantitative estimate of drug-likeness (QED) is 0.658. The molecule has 3 rings (SSSR count). The smallest absolute Gasteiger partial charge is 0.478 e. The van der Waals surface area contributed by atoms with Crippen LogP contribution in [0.1, 0.15) is 12.5 Å². The van der Waals surface area contributed by atoms with Crippen molar-refractivity contribution in [2.75, 3.05) is 0 Å². The Morgan fingerprint density at radius 2 is 1.75 bits per heavy atom. The van der Waals surface area contributed by atoms with E-state index in [-0.39, 0.29) is 11.3 Å². The fourth-order valence-electron chi connectivity index (χ4n) is 2.36. The number of hydrogen-bond donors (Lipinski definition) is 1. The van der Waals surface area contributed by atoms with Gasteiger partial charge in [0.1, 0.15) is 12.1 Å². The molecule has 0 aliphatic heterocycles. The van der Waals surface area contributed by atoms with E-state index in [2.05, 4.69) is 14.8 Å². The van der Waals surface area contributed by atoms with Crippen LogP contribution < -0.4 is 4.74 Å². The number of carboxylic acid groups (broad SMARTS) is 1. The van der Waals surface area contributed by atoms with Gasteiger partial charge in [0.05, 0.1) is 5.69 Å². The Balaban J connectivity index is 1.77. The van der Waals surface area contributed by atoms with Crippen molar-refractivity contribution in [3.05, 3.63) is 66.0 Å². The molecule has 0 aliphatic rings. The van der Waals surface area contributed by atoms with Crippen LogP contribution in [0.5, 0.6) is 5.75 Å². The monoisotopic (exact) mass is 389 g/mol. The van der Waals surface area contributed by atoms with Crippen LogP contribution in [0, 0.1) is 0 Å². The average Bonchev–Trinajstić information content (AvgIpc) is 3.11. The van der Waals surface area contributed by atoms with Gasteiger partial charge in [-0.2, -0.15) is 0 Å². The molecule has 2 aromatic carbocycles. The Labute approximate surface area is 157 Å². The van der Waals surface area contributed by atoms with Crippen LogP contribution in [0.25, 0.3) is 23.2 Å². The highest BCUT2D eigenvalue weighted by molar-refractivity contribution is 5.91. The van der Waals surface area contributed by atoms with E-state index in [0.717, 1.165) is 5.56 Å². The van der Waals surface area contributed by atoms with E-state index in [1.807, 2.05) is 0 Å². The van der Waals surface area contributed by atoms with Crippen molar-refractivity contribution in [2.45, 2.75) is 13.3 Å². The van der Waals surface area contributed by atoms with Crippen molar-refractivity contribution in [1.29, 1.82) is 0 Å². The fraction of sp³-hybridized carbons (Fsp3) is 0.105. The van der Waals surface area contributed by atoms with Crippen LogP contribution in [-0.2, 0) is 4.79 Å². The first-order valence-corrected chi connectivity index (χ1v) is 8.01. The molecule has 0 unspecified atom stereocenters. The number of halogens is 3. The third kappa shape index (κ3) is 4.76. The number of aliphatic carboxylic acids is 1. The number of rotatable bonds is 5. The van der Waals surface area contributed by atoms with Crippen molar-refractivity contribution < 1.29 is 27.8 Å². The van der Waals surface area contributed by atoms with Gasteiger partial charge in [-0.15, -0.1) is 18.3 Å². The summed E-state index contributed by atoms with van der Waals surface area (Å²) in [5, 5.41) is 13.2. The normalized spacial score (nSPS) is 12.1. The van der Waals surface area contributed by atoms with E-state index < -0.39 is 12.3 Å². The molecule has 3 aromatic rings. The zero-order valence-corrected chi connectivity index (χ0v) is 14.5. The number of carboxylic acids is 1. The maximum absolute atomic E-state index is 12.2. The standard InChI is InChI=1S/C19H14F3N3O3/c1-12(18(26)27)10-13-2-4-14(5-3-13)17-23-11-25(24-17)15-6-8-16(9-7-15)28-19(20,21)22/h2-11H,1H3,(H,26,27). The van der Waals surface area contributed by atoms with Crippen LogP contribution in [0.2, 0.25) is 0 Å². The molecule has 1 aromatic heterocycles. The third-order valence-electron chi connectivity index (χ3n) is 3.72. The lowest BCUT2D eigenvalue weighted by Gasteiger charge is -2.09. The molecule has 0 atom stereocenters. The highest BCUT2D eigenvalue weighted by atomic mass is 19.4. The van der Waals surface area contributed by atoms with Gasteiger partial charge in [0, 0.05) is 11.1 Å². The zero-order chi connectivity index (χ0) is 20.3. The number of carbonyl (C=O) groups is 1. The van der Waals surface area contributed by atoms with E-state index in [1.54, 1.807) is 30.3 Å². The predicted molar refractivity (Wildman–Crippen MR) is 94.8 cm³/mol. The van der Waals surface area contributed by atoms with Crippen molar-refractivity contribution in [3.63, 3.8) is 0 Å². The van der Waals surface area contributed by atoms with Crippen LogP contribution >= 0.6 is 0 Å². The number of benzene rings is 2. The number of nitrogens with zero attached hydrogens (tertiary/aromatic N) is 3. The second-order valence-electron chi connectivity index (χ2n) is 5.81. The van der Waals surface area contributed by atoms with Crippen molar-refractivity contribution >= 4 is 12.0 Å². The van der Waals surface area contributed by atoms with Crippen LogP contribution in [0.3, 0.4) is 0 Å². The minimum absolute atomic E-state index is 0.216. The van der Waals surface area contributed by atoms with E-state index >= 15 is 0 Å². The second kappa shape index (κ2) is 7.55. The Morgan fingerprint density at radius 3 is 2.32 bits per heavy atom. The molecule has 28 heavy (non-hydrogen) atoms. The molecular formula is C19H14F3N3O3. The van der Waals surface area contributed by atoms with E-state index in [1.165, 1.54) is 42.2 Å². The number of alkyl halides is 3. The van der Waals surface area contributed by atoms with E-state index in [4.69, 9.17) is 5.11 Å². The molecule has 144 valence electrons. The molecule has 0 saturated carbocycles. The first-order chi connectivity index (χ1) is 13.2. The Bertz CT molecular complexity index is 1010. The lowest BCUT2D eigenvalue weighted by Crippen LogP contribution is -2.17. The number of ether oxygens (including phenoxy) is 1. The van der Waals surface area contributed by atoms with Gasteiger partial charge in [-0.05, 0) is 42.8 Å². The summed E-state index contributed by atoms with van der Waals surface area (Å²) in [6.45, 7) is 1.50. The summed E-state index contributed by atoms with van der Waals surface area (Å²) in [4.78, 5) is 15.1. The second-order valence-corrected chi connectivity index (χ2v) is 5.81. The summed E-state index contributed by atoms with van der Waals surface area (Å²) in [7, 11) is 0. The van der Waals surface area contributed by atoms with Crippen molar-refractivity contribution in [2.24, 2.45) is 0 Å². The first-order valence-electron chi connectivity index (χ1n) is 8.01. The summed E-state index contributed by atoms with van der Waals surface area (Å²) < 4.78 is 41.9. The van der Waals surface area contributed by atoms with Gasteiger partial charge in [0.15, 0.2) is 5.82 Å².